The van der Waals surface area contributed by atoms with Gasteiger partial charge in [-0.05, 0) is 30.2 Å². The van der Waals surface area contributed by atoms with Crippen molar-refractivity contribution in [3.05, 3.63) is 28.3 Å². The largest absolute Gasteiger partial charge is 0.506 e. The third-order valence-corrected chi connectivity index (χ3v) is 2.12. The van der Waals surface area contributed by atoms with E-state index < -0.39 is 0 Å². The zero-order valence-corrected chi connectivity index (χ0v) is 8.35. The van der Waals surface area contributed by atoms with Gasteiger partial charge in [-0.15, -0.1) is 0 Å². The molecule has 0 saturated heterocycles. The molecule has 1 aromatic carbocycles. The first kappa shape index (κ1) is 10.3. The van der Waals surface area contributed by atoms with Crippen LogP contribution in [0, 0.1) is 6.92 Å². The molecule has 4 heteroatoms. The minimum Gasteiger partial charge on any atom is -0.506 e. The molecule has 0 aliphatic heterocycles. The fourth-order valence-corrected chi connectivity index (χ4v) is 1.23. The van der Waals surface area contributed by atoms with Gasteiger partial charge in [0, 0.05) is 6.54 Å². The van der Waals surface area contributed by atoms with E-state index in [1.54, 1.807) is 19.2 Å². The van der Waals surface area contributed by atoms with Gasteiger partial charge in [0.1, 0.15) is 5.75 Å². The molecule has 0 aromatic heterocycles. The van der Waals surface area contributed by atoms with Crippen molar-refractivity contribution in [2.75, 3.05) is 7.11 Å². The molecular formula is C9H12ClNO2. The molecule has 72 valence electrons. The number of halogens is 1. The summed E-state index contributed by atoms with van der Waals surface area (Å²) in [5, 5.41) is 9.63. The quantitative estimate of drug-likeness (QED) is 0.736. The maximum atomic E-state index is 9.27. The molecule has 0 bridgehead atoms. The predicted octanol–water partition coefficient (Wildman–Crippen LogP) is 2.01. The summed E-state index contributed by atoms with van der Waals surface area (Å²) in [5.41, 5.74) is 4.69. The number of benzene rings is 1. The fraction of sp³-hybridized carbons (Fsp3) is 0.333. The average molecular weight is 202 g/mol. The van der Waals surface area contributed by atoms with Crippen LogP contribution in [-0.2, 0) is 11.4 Å². The van der Waals surface area contributed by atoms with Gasteiger partial charge >= 0.3 is 0 Å². The summed E-state index contributed by atoms with van der Waals surface area (Å²) in [6, 6.07) is 3.35. The Bertz CT molecular complexity index is 302. The molecule has 0 radical (unpaired) electrons. The zero-order chi connectivity index (χ0) is 9.84. The Kier molecular flexibility index (Phi) is 3.54. The molecule has 1 aromatic rings. The normalized spacial score (nSPS) is 10.4. The number of phenolic OH excluding ortho intramolecular Hbond substituents is 1. The topological polar surface area (TPSA) is 41.5 Å². The molecule has 0 amide bonds. The van der Waals surface area contributed by atoms with E-state index in [1.807, 2.05) is 6.92 Å². The van der Waals surface area contributed by atoms with Crippen molar-refractivity contribution in [1.29, 1.82) is 0 Å². The summed E-state index contributed by atoms with van der Waals surface area (Å²) in [6.45, 7) is 2.48. The molecule has 0 unspecified atom stereocenters. The van der Waals surface area contributed by atoms with Crippen molar-refractivity contribution in [3.63, 3.8) is 0 Å². The van der Waals surface area contributed by atoms with Crippen LogP contribution in [-0.4, -0.2) is 12.2 Å². The Labute approximate surface area is 82.2 Å². The van der Waals surface area contributed by atoms with Crippen LogP contribution in [0.3, 0.4) is 0 Å². The van der Waals surface area contributed by atoms with E-state index in [0.29, 0.717) is 11.6 Å². The highest BCUT2D eigenvalue weighted by molar-refractivity contribution is 6.32. The van der Waals surface area contributed by atoms with Gasteiger partial charge in [-0.25, -0.2) is 0 Å². The smallest absolute Gasteiger partial charge is 0.134 e. The Hall–Kier alpha value is -0.770. The van der Waals surface area contributed by atoms with Crippen molar-refractivity contribution >= 4 is 11.6 Å². The Morgan fingerprint density at radius 2 is 2.23 bits per heavy atom. The number of hydrogen-bond acceptors (Lipinski definition) is 3. The van der Waals surface area contributed by atoms with Gasteiger partial charge in [0.2, 0.25) is 0 Å². The summed E-state index contributed by atoms with van der Waals surface area (Å²) in [7, 11) is 1.55. The molecule has 0 heterocycles. The molecule has 0 atom stereocenters. The highest BCUT2D eigenvalue weighted by Crippen LogP contribution is 2.26. The average Bonchev–Trinajstić information content (AvgIpc) is 2.09. The second-order valence-corrected chi connectivity index (χ2v) is 3.16. The summed E-state index contributed by atoms with van der Waals surface area (Å²) in [4.78, 5) is 4.72. The van der Waals surface area contributed by atoms with Crippen LogP contribution in [0.1, 0.15) is 11.1 Å². The van der Waals surface area contributed by atoms with Crippen LogP contribution < -0.4 is 5.48 Å². The molecule has 13 heavy (non-hydrogen) atoms. The summed E-state index contributed by atoms with van der Waals surface area (Å²) >= 11 is 5.75. The fourth-order valence-electron chi connectivity index (χ4n) is 1.05. The van der Waals surface area contributed by atoms with Gasteiger partial charge in [-0.3, -0.25) is 0 Å². The van der Waals surface area contributed by atoms with E-state index >= 15 is 0 Å². The second kappa shape index (κ2) is 4.46. The van der Waals surface area contributed by atoms with Gasteiger partial charge in [0.05, 0.1) is 12.1 Å². The van der Waals surface area contributed by atoms with Crippen LogP contribution in [0.25, 0.3) is 0 Å². The molecule has 1 rings (SSSR count). The molecule has 3 nitrogen and oxygen atoms in total. The third kappa shape index (κ3) is 2.59. The van der Waals surface area contributed by atoms with Gasteiger partial charge in [0.15, 0.2) is 0 Å². The molecule has 0 aliphatic carbocycles. The van der Waals surface area contributed by atoms with E-state index in [0.717, 1.165) is 11.1 Å². The van der Waals surface area contributed by atoms with Gasteiger partial charge in [-0.2, -0.15) is 5.48 Å². The zero-order valence-electron chi connectivity index (χ0n) is 7.60. The highest BCUT2D eigenvalue weighted by atomic mass is 35.5. The third-order valence-electron chi connectivity index (χ3n) is 1.81. The lowest BCUT2D eigenvalue weighted by Crippen LogP contribution is -2.11. The van der Waals surface area contributed by atoms with Crippen molar-refractivity contribution < 1.29 is 9.94 Å². The van der Waals surface area contributed by atoms with Crippen molar-refractivity contribution in [2.24, 2.45) is 0 Å². The number of aryl methyl sites for hydroxylation is 1. The van der Waals surface area contributed by atoms with E-state index in [9.17, 15) is 5.11 Å². The van der Waals surface area contributed by atoms with Crippen LogP contribution >= 0.6 is 11.6 Å². The number of phenols is 1. The molecule has 2 N–H and O–H groups in total. The maximum absolute atomic E-state index is 9.27. The molecule has 0 spiro atoms. The minimum absolute atomic E-state index is 0.111. The van der Waals surface area contributed by atoms with Gasteiger partial charge in [0.25, 0.3) is 0 Å². The van der Waals surface area contributed by atoms with Gasteiger partial charge in [-0.1, -0.05) is 11.6 Å². The SMILES string of the molecule is CONCc1cc(Cl)c(O)cc1C. The predicted molar refractivity (Wildman–Crippen MR) is 51.7 cm³/mol. The number of hydroxylamine groups is 1. The molecule has 0 saturated carbocycles. The number of rotatable bonds is 3. The van der Waals surface area contributed by atoms with Crippen LogP contribution in [0.4, 0.5) is 0 Å². The first-order valence-electron chi connectivity index (χ1n) is 3.89. The first-order chi connectivity index (χ1) is 6.15. The lowest BCUT2D eigenvalue weighted by atomic mass is 10.1. The van der Waals surface area contributed by atoms with E-state index in [-0.39, 0.29) is 5.75 Å². The van der Waals surface area contributed by atoms with Crippen molar-refractivity contribution in [2.45, 2.75) is 13.5 Å². The van der Waals surface area contributed by atoms with Crippen molar-refractivity contribution in [3.8, 4) is 5.75 Å². The van der Waals surface area contributed by atoms with Gasteiger partial charge < -0.3 is 9.94 Å². The number of aromatic hydroxyl groups is 1. The van der Waals surface area contributed by atoms with Crippen LogP contribution in [0.15, 0.2) is 12.1 Å². The summed E-state index contributed by atoms with van der Waals surface area (Å²) in [6.07, 6.45) is 0. The Morgan fingerprint density at radius 1 is 1.54 bits per heavy atom. The molecule has 0 aliphatic rings. The Balaban J connectivity index is 2.88. The Morgan fingerprint density at radius 3 is 2.85 bits per heavy atom. The standard InChI is InChI=1S/C9H12ClNO2/c1-6-3-9(12)8(10)4-7(6)5-11-13-2/h3-4,11-12H,5H2,1-2H3. The van der Waals surface area contributed by atoms with E-state index in [1.165, 1.54) is 0 Å². The molecular weight excluding hydrogens is 190 g/mol. The highest BCUT2D eigenvalue weighted by Gasteiger charge is 2.03. The maximum Gasteiger partial charge on any atom is 0.134 e. The number of nitrogens with one attached hydrogen (secondary N) is 1. The summed E-state index contributed by atoms with van der Waals surface area (Å²) < 4.78 is 0. The monoisotopic (exact) mass is 201 g/mol. The van der Waals surface area contributed by atoms with Crippen LogP contribution in [0.2, 0.25) is 5.02 Å². The van der Waals surface area contributed by atoms with Crippen molar-refractivity contribution in [1.82, 2.24) is 5.48 Å². The van der Waals surface area contributed by atoms with Crippen LogP contribution in [0.5, 0.6) is 5.75 Å². The first-order valence-corrected chi connectivity index (χ1v) is 4.26. The van der Waals surface area contributed by atoms with E-state index in [4.69, 9.17) is 16.4 Å². The van der Waals surface area contributed by atoms with E-state index in [2.05, 4.69) is 5.48 Å². The summed E-state index contributed by atoms with van der Waals surface area (Å²) in [5.74, 6) is 0.111. The second-order valence-electron chi connectivity index (χ2n) is 2.76. The lowest BCUT2D eigenvalue weighted by molar-refractivity contribution is 0.0866. The minimum atomic E-state index is 0.111. The molecule has 0 fully saturated rings. The number of hydrogen-bond donors (Lipinski definition) is 2. The lowest BCUT2D eigenvalue weighted by Gasteiger charge is -2.07.